The molecule has 0 saturated heterocycles. The second-order valence-electron chi connectivity index (χ2n) is 12.3. The molecule has 0 radical (unpaired) electrons. The third-order valence-corrected chi connectivity index (χ3v) is 10.9. The summed E-state index contributed by atoms with van der Waals surface area (Å²) in [6, 6.07) is 0. The van der Waals surface area contributed by atoms with Gasteiger partial charge in [-0.25, -0.2) is 4.89 Å². The largest absolute Gasteiger partial charge is 0.397 e. The smallest absolute Gasteiger partial charge is 0.251 e. The van der Waals surface area contributed by atoms with E-state index < -0.39 is 29.0 Å². The van der Waals surface area contributed by atoms with Crippen molar-refractivity contribution in [2.45, 2.75) is 84.9 Å². The van der Waals surface area contributed by atoms with Gasteiger partial charge in [0.25, 0.3) is 0 Å². The van der Waals surface area contributed by atoms with E-state index in [1.165, 1.54) is 6.42 Å². The lowest BCUT2D eigenvalue weighted by Gasteiger charge is -2.62. The Hall–Kier alpha value is -0.290. The average molecular weight is 415 g/mol. The first kappa shape index (κ1) is 20.6. The van der Waals surface area contributed by atoms with Gasteiger partial charge in [0.15, 0.2) is 0 Å². The van der Waals surface area contributed by atoms with Crippen LogP contribution in [0.15, 0.2) is 0 Å². The van der Waals surface area contributed by atoms with Gasteiger partial charge in [0.1, 0.15) is 6.10 Å². The van der Waals surface area contributed by atoms with Gasteiger partial charge in [-0.1, -0.05) is 27.7 Å². The van der Waals surface area contributed by atoms with Crippen molar-refractivity contribution in [3.05, 3.63) is 0 Å². The van der Waals surface area contributed by atoms with E-state index in [-0.39, 0.29) is 24.2 Å². The fourth-order valence-corrected chi connectivity index (χ4v) is 10.1. The first-order valence-corrected chi connectivity index (χ1v) is 11.9. The van der Waals surface area contributed by atoms with Gasteiger partial charge >= 0.3 is 6.18 Å². The van der Waals surface area contributed by atoms with Gasteiger partial charge in [-0.05, 0) is 104 Å². The zero-order chi connectivity index (χ0) is 20.9. The summed E-state index contributed by atoms with van der Waals surface area (Å²) in [6.45, 7) is 8.05. The molecule has 0 aromatic heterocycles. The minimum atomic E-state index is -4.36. The molecule has 6 unspecified atom stereocenters. The number of alkyl halides is 3. The molecule has 0 aromatic carbocycles. The summed E-state index contributed by atoms with van der Waals surface area (Å²) in [6.07, 6.45) is 1.19. The number of halogens is 3. The molecule has 5 heteroatoms. The van der Waals surface area contributed by atoms with Crippen LogP contribution in [0.3, 0.4) is 0 Å². The Kier molecular flexibility index (Phi) is 4.53. The van der Waals surface area contributed by atoms with Crippen LogP contribution in [0.25, 0.3) is 0 Å². The summed E-state index contributed by atoms with van der Waals surface area (Å²) in [7, 11) is 0. The molecule has 1 N–H and O–H groups in total. The Morgan fingerprint density at radius 2 is 1.41 bits per heavy atom. The predicted octanol–water partition coefficient (Wildman–Crippen LogP) is 6.80. The van der Waals surface area contributed by atoms with Gasteiger partial charge in [-0.2, -0.15) is 13.2 Å². The van der Waals surface area contributed by atoms with E-state index in [0.717, 1.165) is 37.5 Å². The Labute approximate surface area is 172 Å². The summed E-state index contributed by atoms with van der Waals surface area (Å²) < 4.78 is 44.6. The standard InChI is InChI=1S/C24H37F3O2/c1-12-13(2)19-10-18(12)11-23(19,24(25,26)27)21(29-28)22(3,4)20-16-6-14-5-15(8-16)9-17(20)7-14/h12-21,28H,5-11H2,1-4H3. The molecule has 29 heavy (non-hydrogen) atoms. The third kappa shape index (κ3) is 2.61. The predicted molar refractivity (Wildman–Crippen MR) is 105 cm³/mol. The van der Waals surface area contributed by atoms with Crippen LogP contribution < -0.4 is 0 Å². The molecule has 0 amide bonds. The molecular formula is C24H37F3O2. The molecular weight excluding hydrogens is 377 g/mol. The molecule has 6 fully saturated rings. The lowest BCUT2D eigenvalue weighted by atomic mass is 9.44. The van der Waals surface area contributed by atoms with E-state index in [1.54, 1.807) is 0 Å². The minimum Gasteiger partial charge on any atom is -0.251 e. The minimum absolute atomic E-state index is 0.0160. The average Bonchev–Trinajstić information content (AvgIpc) is 3.12. The molecule has 6 aliphatic carbocycles. The maximum absolute atomic E-state index is 14.9. The summed E-state index contributed by atoms with van der Waals surface area (Å²) in [5.74, 6) is 2.74. The van der Waals surface area contributed by atoms with E-state index in [9.17, 15) is 18.4 Å². The van der Waals surface area contributed by atoms with Crippen LogP contribution in [0, 0.1) is 64.1 Å². The van der Waals surface area contributed by atoms with E-state index in [4.69, 9.17) is 4.89 Å². The van der Waals surface area contributed by atoms with Crippen molar-refractivity contribution >= 4 is 0 Å². The fourth-order valence-electron chi connectivity index (χ4n) is 10.1. The second kappa shape index (κ2) is 6.37. The summed E-state index contributed by atoms with van der Waals surface area (Å²) >= 11 is 0. The van der Waals surface area contributed by atoms with Gasteiger partial charge < -0.3 is 0 Å². The summed E-state index contributed by atoms with van der Waals surface area (Å²) in [4.78, 5) is 5.00. The van der Waals surface area contributed by atoms with Gasteiger partial charge in [-0.15, -0.1) is 0 Å². The van der Waals surface area contributed by atoms with Crippen molar-refractivity contribution in [3.8, 4) is 0 Å². The topological polar surface area (TPSA) is 29.5 Å². The molecule has 166 valence electrons. The number of rotatable bonds is 4. The normalized spacial score (nSPS) is 52.3. The van der Waals surface area contributed by atoms with Crippen LogP contribution in [-0.2, 0) is 4.89 Å². The lowest BCUT2D eigenvalue weighted by molar-refractivity contribution is -0.392. The van der Waals surface area contributed by atoms with Gasteiger partial charge in [0.2, 0.25) is 0 Å². The Morgan fingerprint density at radius 3 is 1.83 bits per heavy atom. The van der Waals surface area contributed by atoms with Crippen LogP contribution in [0.2, 0.25) is 0 Å². The number of hydrogen-bond donors (Lipinski definition) is 1. The molecule has 0 spiro atoms. The molecule has 6 atom stereocenters. The number of hydrogen-bond acceptors (Lipinski definition) is 2. The summed E-state index contributed by atoms with van der Waals surface area (Å²) in [5, 5.41) is 10.1. The molecule has 6 aliphatic rings. The van der Waals surface area contributed by atoms with Crippen LogP contribution in [0.5, 0.6) is 0 Å². The van der Waals surface area contributed by atoms with E-state index in [1.807, 2.05) is 20.8 Å². The molecule has 0 aromatic rings. The van der Waals surface area contributed by atoms with Crippen molar-refractivity contribution in [1.82, 2.24) is 0 Å². The van der Waals surface area contributed by atoms with Crippen molar-refractivity contribution in [1.29, 1.82) is 0 Å². The van der Waals surface area contributed by atoms with Crippen LogP contribution in [0.1, 0.15) is 72.6 Å². The third-order valence-electron chi connectivity index (χ3n) is 10.9. The summed E-state index contributed by atoms with van der Waals surface area (Å²) in [5.41, 5.74) is -2.61. The number of fused-ring (bicyclic) bond motifs is 2. The monoisotopic (exact) mass is 414 g/mol. The maximum Gasteiger partial charge on any atom is 0.397 e. The highest BCUT2D eigenvalue weighted by atomic mass is 19.4. The van der Waals surface area contributed by atoms with Crippen molar-refractivity contribution < 1.29 is 23.3 Å². The van der Waals surface area contributed by atoms with E-state index in [0.29, 0.717) is 24.2 Å². The quantitative estimate of drug-likeness (QED) is 0.405. The van der Waals surface area contributed by atoms with Crippen LogP contribution >= 0.6 is 0 Å². The van der Waals surface area contributed by atoms with Crippen molar-refractivity contribution in [3.63, 3.8) is 0 Å². The first-order chi connectivity index (χ1) is 13.5. The van der Waals surface area contributed by atoms with Crippen LogP contribution in [0.4, 0.5) is 13.2 Å². The second-order valence-corrected chi connectivity index (χ2v) is 12.3. The van der Waals surface area contributed by atoms with Gasteiger partial charge in [0, 0.05) is 0 Å². The van der Waals surface area contributed by atoms with Crippen LogP contribution in [-0.4, -0.2) is 17.5 Å². The van der Waals surface area contributed by atoms with Gasteiger partial charge in [0.05, 0.1) is 5.41 Å². The molecule has 0 heterocycles. The Balaban J connectivity index is 1.54. The van der Waals surface area contributed by atoms with E-state index in [2.05, 4.69) is 6.92 Å². The van der Waals surface area contributed by atoms with E-state index >= 15 is 0 Å². The molecule has 6 rings (SSSR count). The molecule has 2 nitrogen and oxygen atoms in total. The zero-order valence-corrected chi connectivity index (χ0v) is 18.2. The van der Waals surface area contributed by atoms with Crippen molar-refractivity contribution in [2.75, 3.05) is 0 Å². The molecule has 6 bridgehead atoms. The highest BCUT2D eigenvalue weighted by Crippen LogP contribution is 2.72. The van der Waals surface area contributed by atoms with Gasteiger partial charge in [-0.3, -0.25) is 5.26 Å². The lowest BCUT2D eigenvalue weighted by Crippen LogP contribution is -2.63. The highest BCUT2D eigenvalue weighted by molar-refractivity contribution is 5.16. The maximum atomic E-state index is 14.9. The SMILES string of the molecule is CC1C2CC(C1C)C(C(OO)C(C)(C)C1C3CC4CC(C3)CC1C4)(C(F)(F)F)C2. The highest BCUT2D eigenvalue weighted by Gasteiger charge is 2.75. The molecule has 0 aliphatic heterocycles. The Morgan fingerprint density at radius 1 is 0.862 bits per heavy atom. The fraction of sp³-hybridized carbons (Fsp3) is 1.00. The van der Waals surface area contributed by atoms with Crippen molar-refractivity contribution in [2.24, 2.45) is 64.1 Å². The zero-order valence-electron chi connectivity index (χ0n) is 18.2. The molecule has 6 saturated carbocycles. The first-order valence-electron chi connectivity index (χ1n) is 11.9. The Bertz CT molecular complexity index is 629.